The highest BCUT2D eigenvalue weighted by Crippen LogP contribution is 2.30. The standard InChI is InChI=1S/C11H21NOS/c1-14-9-6-5-8(7-9)12-10-3-2-4-11(10)13/h8-13H,2-7H2,1H3/t8?,9?,10-,11-/m0/s1. The molecule has 2 aliphatic carbocycles. The van der Waals surface area contributed by atoms with Crippen molar-refractivity contribution in [2.45, 2.75) is 62.0 Å². The molecule has 0 aromatic heterocycles. The van der Waals surface area contributed by atoms with Gasteiger partial charge in [-0.3, -0.25) is 0 Å². The molecule has 0 spiro atoms. The van der Waals surface area contributed by atoms with Crippen molar-refractivity contribution in [2.24, 2.45) is 0 Å². The maximum absolute atomic E-state index is 9.70. The number of hydrogen-bond donors (Lipinski definition) is 2. The van der Waals surface area contributed by atoms with Crippen LogP contribution in [0.4, 0.5) is 0 Å². The van der Waals surface area contributed by atoms with Crippen LogP contribution in [0.5, 0.6) is 0 Å². The van der Waals surface area contributed by atoms with Crippen LogP contribution in [0.3, 0.4) is 0 Å². The molecule has 82 valence electrons. The quantitative estimate of drug-likeness (QED) is 0.752. The van der Waals surface area contributed by atoms with Gasteiger partial charge in [0.25, 0.3) is 0 Å². The summed E-state index contributed by atoms with van der Waals surface area (Å²) in [5.41, 5.74) is 0. The molecule has 2 saturated carbocycles. The van der Waals surface area contributed by atoms with E-state index in [1.807, 2.05) is 11.8 Å². The maximum atomic E-state index is 9.70. The molecular formula is C11H21NOS. The highest BCUT2D eigenvalue weighted by Gasteiger charge is 2.30. The van der Waals surface area contributed by atoms with Crippen molar-refractivity contribution in [1.29, 1.82) is 0 Å². The van der Waals surface area contributed by atoms with Crippen molar-refractivity contribution in [1.82, 2.24) is 5.32 Å². The van der Waals surface area contributed by atoms with Crippen LogP contribution in [-0.2, 0) is 0 Å². The van der Waals surface area contributed by atoms with Crippen LogP contribution >= 0.6 is 11.8 Å². The highest BCUT2D eigenvalue weighted by molar-refractivity contribution is 7.99. The summed E-state index contributed by atoms with van der Waals surface area (Å²) in [6.45, 7) is 0. The van der Waals surface area contributed by atoms with Gasteiger partial charge in [0.15, 0.2) is 0 Å². The van der Waals surface area contributed by atoms with Crippen molar-refractivity contribution in [3.05, 3.63) is 0 Å². The van der Waals surface area contributed by atoms with Crippen LogP contribution in [0.2, 0.25) is 0 Å². The Kier molecular flexibility index (Phi) is 3.74. The number of nitrogens with one attached hydrogen (secondary N) is 1. The first-order valence-corrected chi connectivity index (χ1v) is 7.05. The zero-order valence-electron chi connectivity index (χ0n) is 8.91. The molecule has 3 heteroatoms. The van der Waals surface area contributed by atoms with E-state index in [-0.39, 0.29) is 6.10 Å². The van der Waals surface area contributed by atoms with Gasteiger partial charge in [-0.05, 0) is 44.8 Å². The Hall–Kier alpha value is 0.270. The summed E-state index contributed by atoms with van der Waals surface area (Å²) in [7, 11) is 0. The molecule has 2 rings (SSSR count). The minimum atomic E-state index is -0.0803. The van der Waals surface area contributed by atoms with E-state index in [0.29, 0.717) is 12.1 Å². The van der Waals surface area contributed by atoms with E-state index in [1.54, 1.807) is 0 Å². The van der Waals surface area contributed by atoms with Crippen molar-refractivity contribution in [2.75, 3.05) is 6.26 Å². The highest BCUT2D eigenvalue weighted by atomic mass is 32.2. The van der Waals surface area contributed by atoms with Gasteiger partial charge >= 0.3 is 0 Å². The Bertz CT molecular complexity index is 188. The lowest BCUT2D eigenvalue weighted by atomic mass is 10.1. The monoisotopic (exact) mass is 215 g/mol. The average molecular weight is 215 g/mol. The molecule has 0 amide bonds. The van der Waals surface area contributed by atoms with Gasteiger partial charge in [-0.1, -0.05) is 0 Å². The van der Waals surface area contributed by atoms with Crippen LogP contribution in [0, 0.1) is 0 Å². The molecule has 0 saturated heterocycles. The summed E-state index contributed by atoms with van der Waals surface area (Å²) in [6, 6.07) is 1.06. The number of aliphatic hydroxyl groups excluding tert-OH is 1. The Balaban J connectivity index is 1.75. The predicted molar refractivity (Wildman–Crippen MR) is 61.7 cm³/mol. The van der Waals surface area contributed by atoms with E-state index in [0.717, 1.165) is 11.7 Å². The molecule has 0 heterocycles. The third-order valence-corrected chi connectivity index (χ3v) is 4.74. The first kappa shape index (κ1) is 10.8. The van der Waals surface area contributed by atoms with Crippen molar-refractivity contribution in [3.63, 3.8) is 0 Å². The third-order valence-electron chi connectivity index (χ3n) is 3.65. The van der Waals surface area contributed by atoms with Crippen LogP contribution in [0.15, 0.2) is 0 Å². The van der Waals surface area contributed by atoms with Gasteiger partial charge in [-0.2, -0.15) is 11.8 Å². The molecule has 0 bridgehead atoms. The van der Waals surface area contributed by atoms with Gasteiger partial charge in [0, 0.05) is 17.3 Å². The third kappa shape index (κ3) is 2.44. The van der Waals surface area contributed by atoms with Crippen LogP contribution in [0.25, 0.3) is 0 Å². The fourth-order valence-electron chi connectivity index (χ4n) is 2.74. The second-order valence-electron chi connectivity index (χ2n) is 4.64. The lowest BCUT2D eigenvalue weighted by molar-refractivity contribution is 0.143. The van der Waals surface area contributed by atoms with Crippen LogP contribution < -0.4 is 5.32 Å². The lowest BCUT2D eigenvalue weighted by Crippen LogP contribution is -2.41. The van der Waals surface area contributed by atoms with E-state index in [4.69, 9.17) is 0 Å². The molecule has 0 aromatic carbocycles. The Morgan fingerprint density at radius 3 is 2.64 bits per heavy atom. The van der Waals surface area contributed by atoms with Crippen molar-refractivity contribution >= 4 is 11.8 Å². The van der Waals surface area contributed by atoms with E-state index < -0.39 is 0 Å². The molecule has 4 atom stereocenters. The fraction of sp³-hybridized carbons (Fsp3) is 1.00. The number of hydrogen-bond acceptors (Lipinski definition) is 3. The SMILES string of the molecule is CSC1CCC(N[C@H]2CCC[C@@H]2O)C1. The second-order valence-corrected chi connectivity index (χ2v) is 5.78. The summed E-state index contributed by atoms with van der Waals surface area (Å²) < 4.78 is 0. The van der Waals surface area contributed by atoms with E-state index >= 15 is 0 Å². The van der Waals surface area contributed by atoms with Gasteiger partial charge in [0.1, 0.15) is 0 Å². The largest absolute Gasteiger partial charge is 0.392 e. The normalized spacial score (nSPS) is 43.3. The van der Waals surface area contributed by atoms with Gasteiger partial charge in [0.05, 0.1) is 6.10 Å². The smallest absolute Gasteiger partial charge is 0.0693 e. The maximum Gasteiger partial charge on any atom is 0.0693 e. The van der Waals surface area contributed by atoms with E-state index in [1.165, 1.54) is 32.1 Å². The topological polar surface area (TPSA) is 32.3 Å². The number of thioether (sulfide) groups is 1. The minimum absolute atomic E-state index is 0.0803. The van der Waals surface area contributed by atoms with Crippen molar-refractivity contribution in [3.8, 4) is 0 Å². The molecule has 2 N–H and O–H groups in total. The summed E-state index contributed by atoms with van der Waals surface area (Å²) in [6.07, 6.45) is 9.43. The summed E-state index contributed by atoms with van der Waals surface area (Å²) in [5.74, 6) is 0. The zero-order chi connectivity index (χ0) is 9.97. The van der Waals surface area contributed by atoms with Gasteiger partial charge < -0.3 is 10.4 Å². The minimum Gasteiger partial charge on any atom is -0.392 e. The Morgan fingerprint density at radius 1 is 1.21 bits per heavy atom. The summed E-state index contributed by atoms with van der Waals surface area (Å²) in [5, 5.41) is 14.2. The first-order chi connectivity index (χ1) is 6.79. The van der Waals surface area contributed by atoms with Gasteiger partial charge in [-0.25, -0.2) is 0 Å². The zero-order valence-corrected chi connectivity index (χ0v) is 9.72. The molecule has 0 radical (unpaired) electrons. The first-order valence-electron chi connectivity index (χ1n) is 5.76. The van der Waals surface area contributed by atoms with Crippen LogP contribution in [0.1, 0.15) is 38.5 Å². The Morgan fingerprint density at radius 2 is 2.07 bits per heavy atom. The average Bonchev–Trinajstić information content (AvgIpc) is 2.77. The van der Waals surface area contributed by atoms with E-state index in [9.17, 15) is 5.11 Å². The number of aliphatic hydroxyl groups is 1. The molecular weight excluding hydrogens is 194 g/mol. The van der Waals surface area contributed by atoms with Gasteiger partial charge in [-0.15, -0.1) is 0 Å². The van der Waals surface area contributed by atoms with E-state index in [2.05, 4.69) is 11.6 Å². The van der Waals surface area contributed by atoms with Gasteiger partial charge in [0.2, 0.25) is 0 Å². The molecule has 2 aliphatic rings. The fourth-order valence-corrected chi connectivity index (χ4v) is 3.54. The molecule has 0 aliphatic heterocycles. The molecule has 2 fully saturated rings. The van der Waals surface area contributed by atoms with Crippen molar-refractivity contribution < 1.29 is 5.11 Å². The predicted octanol–water partition coefficient (Wildman–Crippen LogP) is 1.77. The molecule has 2 unspecified atom stereocenters. The lowest BCUT2D eigenvalue weighted by Gasteiger charge is -2.21. The molecule has 14 heavy (non-hydrogen) atoms. The molecule has 2 nitrogen and oxygen atoms in total. The summed E-state index contributed by atoms with van der Waals surface area (Å²) in [4.78, 5) is 0. The number of rotatable bonds is 3. The summed E-state index contributed by atoms with van der Waals surface area (Å²) >= 11 is 1.99. The molecule has 0 aromatic rings. The Labute approximate surface area is 90.8 Å². The van der Waals surface area contributed by atoms with Crippen LogP contribution in [-0.4, -0.2) is 34.8 Å². The second kappa shape index (κ2) is 4.86.